The van der Waals surface area contributed by atoms with E-state index in [0.717, 1.165) is 19.2 Å². The highest BCUT2D eigenvalue weighted by Gasteiger charge is 2.39. The summed E-state index contributed by atoms with van der Waals surface area (Å²) in [6.07, 6.45) is 0. The van der Waals surface area contributed by atoms with E-state index in [2.05, 4.69) is 27.9 Å². The van der Waals surface area contributed by atoms with Crippen molar-refractivity contribution in [3.8, 4) is 5.75 Å². The van der Waals surface area contributed by atoms with E-state index in [1.165, 1.54) is 0 Å². The normalized spacial score (nSPS) is 13.5. The summed E-state index contributed by atoms with van der Waals surface area (Å²) >= 11 is 8.45. The third-order valence-corrected chi connectivity index (χ3v) is 6.52. The Morgan fingerprint density at radius 1 is 0.829 bits per heavy atom. The zero-order chi connectivity index (χ0) is 24.5. The molecule has 0 radical (unpaired) electrons. The van der Waals surface area contributed by atoms with Gasteiger partial charge in [-0.15, -0.1) is 0 Å². The van der Waals surface area contributed by atoms with Crippen LogP contribution in [0.1, 0.15) is 10.4 Å². The van der Waals surface area contributed by atoms with Crippen LogP contribution in [0.2, 0.25) is 0 Å². The van der Waals surface area contributed by atoms with Crippen molar-refractivity contribution < 1.29 is 19.1 Å². The molecule has 5 rings (SSSR count). The zero-order valence-electron chi connectivity index (χ0n) is 18.0. The Bertz CT molecular complexity index is 1510. The van der Waals surface area contributed by atoms with Gasteiger partial charge < -0.3 is 10.1 Å². The van der Waals surface area contributed by atoms with Crippen molar-refractivity contribution in [1.29, 1.82) is 0 Å². The number of nitrogens with zero attached hydrogens (tertiary/aromatic N) is 1. The molecule has 1 aliphatic rings. The minimum atomic E-state index is -0.603. The summed E-state index contributed by atoms with van der Waals surface area (Å²) < 4.78 is 6.41. The highest BCUT2D eigenvalue weighted by Crippen LogP contribution is 2.34. The number of hydrogen-bond acceptors (Lipinski definition) is 5. The highest BCUT2D eigenvalue weighted by atomic mass is 127. The van der Waals surface area contributed by atoms with Gasteiger partial charge in [0.1, 0.15) is 16.5 Å². The van der Waals surface area contributed by atoms with Gasteiger partial charge in [0.15, 0.2) is 0 Å². The number of anilines is 2. The van der Waals surface area contributed by atoms with Gasteiger partial charge in [-0.1, -0.05) is 48.0 Å². The van der Waals surface area contributed by atoms with Gasteiger partial charge in [0.25, 0.3) is 11.8 Å². The summed E-state index contributed by atoms with van der Waals surface area (Å²) in [4.78, 5) is 39.6. The van der Waals surface area contributed by atoms with Crippen molar-refractivity contribution in [3.05, 3.63) is 111 Å². The molecule has 0 unspecified atom stereocenters. The van der Waals surface area contributed by atoms with Crippen molar-refractivity contribution >= 4 is 74.1 Å². The summed E-state index contributed by atoms with van der Waals surface area (Å²) in [6.45, 7) is 0. The van der Waals surface area contributed by atoms with E-state index in [1.54, 1.807) is 48.5 Å². The first-order valence-corrected chi connectivity index (χ1v) is 12.0. The first-order valence-electron chi connectivity index (χ1n) is 10.5. The van der Waals surface area contributed by atoms with Gasteiger partial charge >= 0.3 is 5.97 Å². The van der Waals surface area contributed by atoms with Crippen molar-refractivity contribution in [1.82, 2.24) is 0 Å². The van der Waals surface area contributed by atoms with Crippen LogP contribution in [0.25, 0.3) is 10.8 Å². The molecule has 0 aromatic heterocycles. The fraction of sp³-hybridized carbons (Fsp3) is 0. The van der Waals surface area contributed by atoms with Gasteiger partial charge in [-0.2, -0.15) is 0 Å². The molecule has 1 aliphatic heterocycles. The van der Waals surface area contributed by atoms with Gasteiger partial charge in [0, 0.05) is 14.6 Å². The Morgan fingerprint density at radius 3 is 2.26 bits per heavy atom. The van der Waals surface area contributed by atoms with E-state index in [9.17, 15) is 14.4 Å². The minimum Gasteiger partial charge on any atom is -0.423 e. The number of fused-ring (bicyclic) bond motifs is 1. The van der Waals surface area contributed by atoms with E-state index >= 15 is 0 Å². The van der Waals surface area contributed by atoms with E-state index in [1.807, 2.05) is 42.5 Å². The lowest BCUT2D eigenvalue weighted by Gasteiger charge is -2.17. The van der Waals surface area contributed by atoms with Crippen molar-refractivity contribution in [3.63, 3.8) is 0 Å². The van der Waals surface area contributed by atoms with Crippen LogP contribution >= 0.6 is 34.2 Å². The lowest BCUT2D eigenvalue weighted by atomic mass is 10.1. The Hall–Kier alpha value is -3.69. The predicted molar refractivity (Wildman–Crippen MR) is 144 cm³/mol. The minimum absolute atomic E-state index is 0.0289. The molecule has 1 heterocycles. The zero-order valence-corrected chi connectivity index (χ0v) is 20.9. The van der Waals surface area contributed by atoms with Crippen LogP contribution in [0, 0.1) is 3.57 Å². The molecule has 2 amide bonds. The number of hydrogen-bond donors (Lipinski definition) is 1. The Labute approximate surface area is 219 Å². The summed E-state index contributed by atoms with van der Waals surface area (Å²) in [5, 5.41) is 4.38. The predicted octanol–water partition coefficient (Wildman–Crippen LogP) is 6.10. The maximum atomic E-state index is 13.2. The number of esters is 1. The first kappa shape index (κ1) is 23.1. The second-order valence-electron chi connectivity index (χ2n) is 7.68. The molecule has 8 heteroatoms. The number of carbonyl (C=O) groups excluding carboxylic acids is 3. The summed E-state index contributed by atoms with van der Waals surface area (Å²) in [6, 6.07) is 26.3. The second kappa shape index (κ2) is 9.52. The number of benzene rings is 4. The van der Waals surface area contributed by atoms with E-state index < -0.39 is 17.8 Å². The number of nitrogens with one attached hydrogen (secondary N) is 1. The molecule has 1 N–H and O–H groups in total. The number of amides is 2. The van der Waals surface area contributed by atoms with Crippen molar-refractivity contribution in [2.75, 3.05) is 10.2 Å². The Morgan fingerprint density at radius 2 is 1.51 bits per heavy atom. The summed E-state index contributed by atoms with van der Waals surface area (Å²) in [5.41, 5.74) is 1.26. The quantitative estimate of drug-likeness (QED) is 0.131. The van der Waals surface area contributed by atoms with Crippen LogP contribution < -0.4 is 15.0 Å². The van der Waals surface area contributed by atoms with Crippen molar-refractivity contribution in [2.45, 2.75) is 0 Å². The Kier molecular flexibility index (Phi) is 6.27. The van der Waals surface area contributed by atoms with E-state index in [4.69, 9.17) is 16.3 Å². The van der Waals surface area contributed by atoms with Gasteiger partial charge in [-0.05, 0) is 82.6 Å². The third-order valence-electron chi connectivity index (χ3n) is 5.45. The largest absolute Gasteiger partial charge is 0.423 e. The lowest BCUT2D eigenvalue weighted by Crippen LogP contribution is -2.32. The smallest absolute Gasteiger partial charge is 0.343 e. The van der Waals surface area contributed by atoms with Crippen LogP contribution in [0.15, 0.2) is 102 Å². The fourth-order valence-corrected chi connectivity index (χ4v) is 4.31. The molecule has 172 valence electrons. The van der Waals surface area contributed by atoms with Crippen LogP contribution in [0.4, 0.5) is 11.4 Å². The molecular weight excluding hydrogens is 579 g/mol. The molecule has 6 nitrogen and oxygen atoms in total. The molecule has 4 aromatic rings. The average molecular weight is 595 g/mol. The lowest BCUT2D eigenvalue weighted by molar-refractivity contribution is -0.120. The average Bonchev–Trinajstić information content (AvgIpc) is 3.08. The molecular formula is C27H16ClIN2O4. The number of imide groups is 1. The van der Waals surface area contributed by atoms with E-state index in [-0.39, 0.29) is 10.7 Å². The second-order valence-corrected chi connectivity index (χ2v) is 9.30. The maximum absolute atomic E-state index is 13.2. The molecule has 0 saturated carbocycles. The first-order chi connectivity index (χ1) is 16.9. The molecule has 4 aromatic carbocycles. The Balaban J connectivity index is 1.34. The monoisotopic (exact) mass is 594 g/mol. The topological polar surface area (TPSA) is 75.7 Å². The number of rotatable bonds is 5. The van der Waals surface area contributed by atoms with Crippen molar-refractivity contribution in [2.24, 2.45) is 0 Å². The summed E-state index contributed by atoms with van der Waals surface area (Å²) in [7, 11) is 0. The molecule has 0 spiro atoms. The van der Waals surface area contributed by atoms with Crippen LogP contribution in [0.5, 0.6) is 5.75 Å². The molecule has 0 fully saturated rings. The molecule has 0 saturated heterocycles. The molecule has 0 atom stereocenters. The maximum Gasteiger partial charge on any atom is 0.343 e. The molecule has 0 bridgehead atoms. The van der Waals surface area contributed by atoms with E-state index in [0.29, 0.717) is 22.7 Å². The molecule has 0 aliphatic carbocycles. The standard InChI is InChI=1S/C27H16ClIN2O4/c28-23-24(26(33)31(25(23)32)22-7-3-5-16-4-1-2-6-21(16)22)30-19-12-8-17(9-13-19)27(34)35-20-14-10-18(29)11-15-20/h1-15,30H. The SMILES string of the molecule is O=C(Oc1ccc(I)cc1)c1ccc(NC2=C(Cl)C(=O)N(c3cccc4ccccc34)C2=O)cc1. The highest BCUT2D eigenvalue weighted by molar-refractivity contribution is 14.1. The van der Waals surface area contributed by atoms with Gasteiger partial charge in [0.05, 0.1) is 11.3 Å². The van der Waals surface area contributed by atoms with Gasteiger partial charge in [0.2, 0.25) is 0 Å². The third kappa shape index (κ3) is 4.52. The number of halogens is 2. The molecule has 35 heavy (non-hydrogen) atoms. The van der Waals surface area contributed by atoms with Gasteiger partial charge in [-0.25, -0.2) is 9.69 Å². The fourth-order valence-electron chi connectivity index (χ4n) is 3.74. The number of ether oxygens (including phenoxy) is 1. The summed E-state index contributed by atoms with van der Waals surface area (Å²) in [5.74, 6) is -1.23. The van der Waals surface area contributed by atoms with Crippen LogP contribution in [-0.2, 0) is 9.59 Å². The van der Waals surface area contributed by atoms with Crippen LogP contribution in [0.3, 0.4) is 0 Å². The number of carbonyl (C=O) groups is 3. The van der Waals surface area contributed by atoms with Crippen LogP contribution in [-0.4, -0.2) is 17.8 Å². The van der Waals surface area contributed by atoms with Gasteiger partial charge in [-0.3, -0.25) is 9.59 Å².